The van der Waals surface area contributed by atoms with Gasteiger partial charge in [-0.1, -0.05) is 26.8 Å². The lowest BCUT2D eigenvalue weighted by Gasteiger charge is -2.33. The number of hydrogen-bond donors (Lipinski definition) is 1. The van der Waals surface area contributed by atoms with Crippen LogP contribution in [0.5, 0.6) is 5.75 Å². The van der Waals surface area contributed by atoms with Crippen LogP contribution in [0.3, 0.4) is 0 Å². The molecule has 6 nitrogen and oxygen atoms in total. The minimum Gasteiger partial charge on any atom is -0.497 e. The van der Waals surface area contributed by atoms with Crippen LogP contribution >= 0.6 is 0 Å². The van der Waals surface area contributed by atoms with Gasteiger partial charge in [0.15, 0.2) is 0 Å². The van der Waals surface area contributed by atoms with Crippen LogP contribution in [0.1, 0.15) is 51.2 Å². The monoisotopic (exact) mass is 383 g/mol. The molecule has 0 aromatic heterocycles. The third-order valence-electron chi connectivity index (χ3n) is 6.07. The number of methoxy groups -OCH3 is 1. The number of amides is 2. The van der Waals surface area contributed by atoms with Gasteiger partial charge in [-0.2, -0.15) is 5.26 Å². The molecule has 3 rings (SSSR count). The number of rotatable bonds is 4. The maximum Gasteiger partial charge on any atom is 0.227 e. The van der Waals surface area contributed by atoms with E-state index >= 15 is 0 Å². The molecule has 2 fully saturated rings. The average Bonchev–Trinajstić information content (AvgIpc) is 3.32. The lowest BCUT2D eigenvalue weighted by molar-refractivity contribution is -0.132. The van der Waals surface area contributed by atoms with Crippen LogP contribution in [0.25, 0.3) is 0 Å². The fourth-order valence-electron chi connectivity index (χ4n) is 3.90. The maximum absolute atomic E-state index is 12.7. The van der Waals surface area contributed by atoms with E-state index in [2.05, 4.69) is 11.4 Å². The van der Waals surface area contributed by atoms with E-state index in [0.29, 0.717) is 24.4 Å². The van der Waals surface area contributed by atoms with E-state index in [1.165, 1.54) is 0 Å². The van der Waals surface area contributed by atoms with E-state index < -0.39 is 0 Å². The molecule has 1 aromatic rings. The predicted octanol–water partition coefficient (Wildman–Crippen LogP) is 2.65. The molecule has 1 heterocycles. The first-order chi connectivity index (χ1) is 13.2. The largest absolute Gasteiger partial charge is 0.497 e. The molecule has 150 valence electrons. The minimum absolute atomic E-state index is 0.0486. The molecule has 1 aliphatic heterocycles. The van der Waals surface area contributed by atoms with Gasteiger partial charge < -0.3 is 15.0 Å². The molecule has 1 N–H and O–H groups in total. The van der Waals surface area contributed by atoms with Crippen molar-refractivity contribution >= 4 is 11.8 Å². The number of hydrogen-bond acceptors (Lipinski definition) is 4. The van der Waals surface area contributed by atoms with Crippen molar-refractivity contribution in [2.45, 2.75) is 52.5 Å². The van der Waals surface area contributed by atoms with Crippen molar-refractivity contribution in [2.75, 3.05) is 20.2 Å². The molecule has 1 unspecified atom stereocenters. The first-order valence-corrected chi connectivity index (χ1v) is 9.84. The van der Waals surface area contributed by atoms with E-state index in [9.17, 15) is 14.9 Å². The summed E-state index contributed by atoms with van der Waals surface area (Å²) in [6.07, 6.45) is 3.07. The van der Waals surface area contributed by atoms with Crippen molar-refractivity contribution in [1.29, 1.82) is 5.26 Å². The zero-order valence-corrected chi connectivity index (χ0v) is 17.2. The Hall–Kier alpha value is -2.55. The van der Waals surface area contributed by atoms with Gasteiger partial charge in [0.25, 0.3) is 0 Å². The maximum atomic E-state index is 12.7. The van der Waals surface area contributed by atoms with Gasteiger partial charge in [-0.3, -0.25) is 9.59 Å². The number of nitrogens with one attached hydrogen (secondary N) is 1. The summed E-state index contributed by atoms with van der Waals surface area (Å²) >= 11 is 0. The van der Waals surface area contributed by atoms with Crippen molar-refractivity contribution in [3.8, 4) is 11.8 Å². The van der Waals surface area contributed by atoms with Gasteiger partial charge in [-0.25, -0.2) is 0 Å². The Bertz CT molecular complexity index is 811. The molecule has 1 atom stereocenters. The SMILES string of the molecule is COc1ccc(CC(=O)N2CCC3(CC2)CC3NC(=O)C(C)(C)C)c(C#N)c1. The fourth-order valence-corrected chi connectivity index (χ4v) is 3.90. The molecule has 1 saturated carbocycles. The van der Waals surface area contributed by atoms with E-state index in [0.717, 1.165) is 24.8 Å². The highest BCUT2D eigenvalue weighted by Crippen LogP contribution is 2.54. The Morgan fingerprint density at radius 1 is 1.32 bits per heavy atom. The van der Waals surface area contributed by atoms with Crippen LogP contribution in [-0.4, -0.2) is 43.0 Å². The fraction of sp³-hybridized carbons (Fsp3) is 0.591. The Kier molecular flexibility index (Phi) is 5.38. The second-order valence-electron chi connectivity index (χ2n) is 9.03. The van der Waals surface area contributed by atoms with Crippen LogP contribution in [0.15, 0.2) is 18.2 Å². The molecular weight excluding hydrogens is 354 g/mol. The predicted molar refractivity (Wildman–Crippen MR) is 106 cm³/mol. The smallest absolute Gasteiger partial charge is 0.227 e. The van der Waals surface area contributed by atoms with E-state index in [1.54, 1.807) is 25.3 Å². The lowest BCUT2D eigenvalue weighted by Crippen LogP contribution is -2.43. The number of carbonyl (C=O) groups is 2. The zero-order valence-electron chi connectivity index (χ0n) is 17.2. The minimum atomic E-state index is -0.378. The quantitative estimate of drug-likeness (QED) is 0.866. The van der Waals surface area contributed by atoms with Gasteiger partial charge in [0, 0.05) is 24.5 Å². The summed E-state index contributed by atoms with van der Waals surface area (Å²) in [7, 11) is 1.56. The van der Waals surface area contributed by atoms with Crippen molar-refractivity contribution in [3.05, 3.63) is 29.3 Å². The second-order valence-corrected chi connectivity index (χ2v) is 9.03. The third-order valence-corrected chi connectivity index (χ3v) is 6.07. The number of nitriles is 1. The molecule has 28 heavy (non-hydrogen) atoms. The Labute approximate surface area is 166 Å². The summed E-state index contributed by atoms with van der Waals surface area (Å²) in [6.45, 7) is 7.19. The molecule has 2 aliphatic rings. The summed E-state index contributed by atoms with van der Waals surface area (Å²) in [5, 5.41) is 12.5. The van der Waals surface area contributed by atoms with E-state index in [-0.39, 0.29) is 35.1 Å². The van der Waals surface area contributed by atoms with Gasteiger partial charge in [0.05, 0.1) is 25.2 Å². The molecular formula is C22H29N3O3. The zero-order chi connectivity index (χ0) is 20.5. The number of benzene rings is 1. The average molecular weight is 383 g/mol. The topological polar surface area (TPSA) is 82.4 Å². The Morgan fingerprint density at radius 2 is 2.00 bits per heavy atom. The highest BCUT2D eigenvalue weighted by molar-refractivity contribution is 5.82. The van der Waals surface area contributed by atoms with Crippen LogP contribution < -0.4 is 10.1 Å². The Balaban J connectivity index is 1.54. The van der Waals surface area contributed by atoms with Crippen LogP contribution in [0.2, 0.25) is 0 Å². The summed E-state index contributed by atoms with van der Waals surface area (Å²) in [4.78, 5) is 26.8. The highest BCUT2D eigenvalue weighted by atomic mass is 16.5. The van der Waals surface area contributed by atoms with Crippen LogP contribution in [0, 0.1) is 22.2 Å². The van der Waals surface area contributed by atoms with E-state index in [1.807, 2.05) is 25.7 Å². The van der Waals surface area contributed by atoms with Crippen molar-refractivity contribution in [1.82, 2.24) is 10.2 Å². The molecule has 2 amide bonds. The lowest BCUT2D eigenvalue weighted by atomic mass is 9.91. The third kappa shape index (κ3) is 4.14. The molecule has 6 heteroatoms. The first-order valence-electron chi connectivity index (χ1n) is 9.84. The van der Waals surface area contributed by atoms with Gasteiger partial charge >= 0.3 is 0 Å². The molecule has 1 spiro atoms. The second kappa shape index (κ2) is 7.46. The van der Waals surface area contributed by atoms with Gasteiger partial charge in [-0.05, 0) is 42.4 Å². The van der Waals surface area contributed by atoms with Crippen LogP contribution in [-0.2, 0) is 16.0 Å². The van der Waals surface area contributed by atoms with E-state index in [4.69, 9.17) is 4.74 Å². The molecule has 0 bridgehead atoms. The molecule has 1 aliphatic carbocycles. The van der Waals surface area contributed by atoms with Gasteiger partial charge in [-0.15, -0.1) is 0 Å². The number of ether oxygens (including phenoxy) is 1. The van der Waals surface area contributed by atoms with Crippen molar-refractivity contribution < 1.29 is 14.3 Å². The normalized spacial score (nSPS) is 20.4. The first kappa shape index (κ1) is 20.2. The highest BCUT2D eigenvalue weighted by Gasteiger charge is 2.56. The van der Waals surface area contributed by atoms with Crippen LogP contribution in [0.4, 0.5) is 0 Å². The molecule has 1 aromatic carbocycles. The number of carbonyl (C=O) groups excluding carboxylic acids is 2. The Morgan fingerprint density at radius 3 is 2.57 bits per heavy atom. The van der Waals surface area contributed by atoms with Crippen molar-refractivity contribution in [2.24, 2.45) is 10.8 Å². The molecule has 1 saturated heterocycles. The number of likely N-dealkylation sites (tertiary alicyclic amines) is 1. The van der Waals surface area contributed by atoms with Gasteiger partial charge in [0.2, 0.25) is 11.8 Å². The summed E-state index contributed by atoms with van der Waals surface area (Å²) in [5.74, 6) is 0.758. The number of piperidine rings is 1. The standard InChI is InChI=1S/C22H29N3O3/c1-21(2,3)20(27)24-18-13-22(18)7-9-25(10-8-22)19(26)12-15-5-6-17(28-4)11-16(15)14-23/h5-6,11,18H,7-10,12-13H2,1-4H3,(H,24,27). The van der Waals surface area contributed by atoms with Crippen molar-refractivity contribution in [3.63, 3.8) is 0 Å². The summed E-state index contributed by atoms with van der Waals surface area (Å²) < 4.78 is 5.14. The number of nitrogens with zero attached hydrogens (tertiary/aromatic N) is 2. The molecule has 0 radical (unpaired) electrons. The summed E-state index contributed by atoms with van der Waals surface area (Å²) in [5.41, 5.74) is 0.996. The van der Waals surface area contributed by atoms with Gasteiger partial charge in [0.1, 0.15) is 5.75 Å². The summed E-state index contributed by atoms with van der Waals surface area (Å²) in [6, 6.07) is 7.62.